The van der Waals surface area contributed by atoms with E-state index in [4.69, 9.17) is 0 Å². The summed E-state index contributed by atoms with van der Waals surface area (Å²) in [6.07, 6.45) is 22.8. The molecule has 0 saturated carbocycles. The zero-order valence-electron chi connectivity index (χ0n) is 18.3. The number of hydrogen-bond donors (Lipinski definition) is 0. The monoisotopic (exact) mass is 400 g/mol. The van der Waals surface area contributed by atoms with E-state index in [2.05, 4.69) is 41.5 Å². The summed E-state index contributed by atoms with van der Waals surface area (Å²) in [7, 11) is -1.24. The Bertz CT molecular complexity index is 213. The first-order valence-corrected chi connectivity index (χ1v) is 15.8. The van der Waals surface area contributed by atoms with Crippen molar-refractivity contribution in [3.05, 3.63) is 0 Å². The summed E-state index contributed by atoms with van der Waals surface area (Å²) < 4.78 is 0. The molecule has 0 nitrogen and oxygen atoms in total. The van der Waals surface area contributed by atoms with Gasteiger partial charge in [0.1, 0.15) is 0 Å². The van der Waals surface area contributed by atoms with Crippen LogP contribution >= 0.6 is 14.5 Å². The molecule has 0 N–H and O–H groups in total. The quantitative estimate of drug-likeness (QED) is 0.347. The maximum absolute atomic E-state index is 2.42. The lowest BCUT2D eigenvalue weighted by Gasteiger charge is -2.30. The second-order valence-electron chi connectivity index (χ2n) is 7.83. The summed E-state index contributed by atoms with van der Waals surface area (Å²) in [5.41, 5.74) is 0. The van der Waals surface area contributed by atoms with Crippen LogP contribution in [-0.4, -0.2) is 49.3 Å². The molecule has 156 valence electrons. The van der Waals surface area contributed by atoms with Gasteiger partial charge in [-0.25, -0.2) is 0 Å². The van der Waals surface area contributed by atoms with Crippen molar-refractivity contribution in [2.45, 2.75) is 86.5 Å². The molecule has 0 aromatic carbocycles. The summed E-state index contributed by atoms with van der Waals surface area (Å²) in [5.74, 6) is 0. The van der Waals surface area contributed by atoms with Gasteiger partial charge in [-0.2, -0.15) is 0 Å². The van der Waals surface area contributed by atoms with Crippen LogP contribution in [0.4, 0.5) is 0 Å². The van der Waals surface area contributed by atoms with Gasteiger partial charge in [-0.1, -0.05) is 41.5 Å². The predicted molar refractivity (Wildman–Crippen MR) is 119 cm³/mol. The molecule has 0 radical (unpaired) electrons. The molecule has 0 saturated heterocycles. The second kappa shape index (κ2) is 18.1. The fourth-order valence-corrected chi connectivity index (χ4v) is 15.2. The minimum Gasteiger partial charge on any atom is -1.00 e. The summed E-state index contributed by atoms with van der Waals surface area (Å²) in [5, 5.41) is 0. The van der Waals surface area contributed by atoms with Crippen molar-refractivity contribution in [1.82, 2.24) is 0 Å². The Hall–Kier alpha value is 0.720. The van der Waals surface area contributed by atoms with Crippen molar-refractivity contribution in [1.29, 1.82) is 0 Å². The highest BCUT2D eigenvalue weighted by Crippen LogP contribution is 2.64. The molecule has 25 heavy (non-hydrogen) atoms. The van der Waals surface area contributed by atoms with Gasteiger partial charge in [0.05, 0.1) is 49.3 Å². The standard InChI is InChI=1S/C21H48P2.2FH/c1-7-14-22(15-8-2,16-9-3)20-13-21-23(17-10-4,18-11-5)19-12-6;;/h7-21H2,1-6H3;2*1H/q+2;;/p-2. The zero-order chi connectivity index (χ0) is 17.6. The van der Waals surface area contributed by atoms with Crippen LogP contribution in [0, 0.1) is 0 Å². The van der Waals surface area contributed by atoms with Crippen LogP contribution in [0.3, 0.4) is 0 Å². The van der Waals surface area contributed by atoms with Gasteiger partial charge in [0.15, 0.2) is 0 Å². The Morgan fingerprint density at radius 1 is 0.360 bits per heavy atom. The third kappa shape index (κ3) is 11.9. The smallest absolute Gasteiger partial charge is 0.0628 e. The van der Waals surface area contributed by atoms with E-state index in [1.54, 1.807) is 55.7 Å². The molecule has 0 unspecified atom stereocenters. The highest BCUT2D eigenvalue weighted by molar-refractivity contribution is 7.76. The van der Waals surface area contributed by atoms with Crippen molar-refractivity contribution in [3.8, 4) is 0 Å². The van der Waals surface area contributed by atoms with E-state index < -0.39 is 14.5 Å². The SMILES string of the molecule is CCC[P+](CCC)(CCC)CCC[P+](CCC)(CCC)CCC.[F-].[F-]. The van der Waals surface area contributed by atoms with Crippen molar-refractivity contribution in [2.24, 2.45) is 0 Å². The fourth-order valence-electron chi connectivity index (χ4n) is 4.93. The average Bonchev–Trinajstić information content (AvgIpc) is 2.49. The van der Waals surface area contributed by atoms with Crippen LogP contribution in [0.25, 0.3) is 0 Å². The molecule has 0 aliphatic carbocycles. The third-order valence-electron chi connectivity index (χ3n) is 5.45. The highest BCUT2D eigenvalue weighted by atomic mass is 31.2. The van der Waals surface area contributed by atoms with Gasteiger partial charge in [-0.3, -0.25) is 0 Å². The van der Waals surface area contributed by atoms with E-state index in [9.17, 15) is 0 Å². The van der Waals surface area contributed by atoms with Gasteiger partial charge >= 0.3 is 0 Å². The van der Waals surface area contributed by atoms with E-state index in [0.29, 0.717) is 0 Å². The maximum Gasteiger partial charge on any atom is 0.0628 e. The molecule has 4 heteroatoms. The van der Waals surface area contributed by atoms with Crippen LogP contribution in [0.5, 0.6) is 0 Å². The van der Waals surface area contributed by atoms with Gasteiger partial charge < -0.3 is 9.41 Å². The summed E-state index contributed by atoms with van der Waals surface area (Å²) >= 11 is 0. The zero-order valence-corrected chi connectivity index (χ0v) is 20.0. The minimum absolute atomic E-state index is 0. The van der Waals surface area contributed by atoms with Gasteiger partial charge in [-0.05, 0) is 38.5 Å². The van der Waals surface area contributed by atoms with Crippen LogP contribution in [0.2, 0.25) is 0 Å². The Kier molecular flexibility index (Phi) is 22.0. The molecule has 0 aromatic rings. The molecule has 0 amide bonds. The first-order chi connectivity index (χ1) is 11.1. The molecule has 0 bridgehead atoms. The summed E-state index contributed by atoms with van der Waals surface area (Å²) in [4.78, 5) is 0. The van der Waals surface area contributed by atoms with E-state index in [1.165, 1.54) is 38.5 Å². The maximum atomic E-state index is 2.42. The Morgan fingerprint density at radius 2 is 0.560 bits per heavy atom. The molecular formula is C21H48F2P2. The van der Waals surface area contributed by atoms with Gasteiger partial charge in [0.25, 0.3) is 0 Å². The molecular weight excluding hydrogens is 352 g/mol. The third-order valence-corrected chi connectivity index (χ3v) is 16.4. The molecule has 0 aromatic heterocycles. The van der Waals surface area contributed by atoms with Crippen LogP contribution in [0.1, 0.15) is 86.5 Å². The largest absolute Gasteiger partial charge is 1.00 e. The Labute approximate surface area is 160 Å². The topological polar surface area (TPSA) is 0 Å². The second-order valence-corrected chi connectivity index (χ2v) is 16.8. The van der Waals surface area contributed by atoms with Gasteiger partial charge in [-0.15, -0.1) is 0 Å². The molecule has 0 aliphatic rings. The lowest BCUT2D eigenvalue weighted by Crippen LogP contribution is -3.00. The first-order valence-electron chi connectivity index (χ1n) is 10.8. The fraction of sp³-hybridized carbons (Fsp3) is 1.00. The van der Waals surface area contributed by atoms with Crippen molar-refractivity contribution in [2.75, 3.05) is 49.3 Å². The van der Waals surface area contributed by atoms with E-state index in [0.717, 1.165) is 0 Å². The average molecular weight is 401 g/mol. The van der Waals surface area contributed by atoms with Crippen LogP contribution in [-0.2, 0) is 0 Å². The Balaban J connectivity index is -0.00000242. The van der Waals surface area contributed by atoms with Gasteiger partial charge in [0, 0.05) is 20.9 Å². The number of hydrogen-bond acceptors (Lipinski definition) is 0. The predicted octanol–water partition coefficient (Wildman–Crippen LogP) is 1.88. The molecule has 0 spiro atoms. The molecule has 0 aliphatic heterocycles. The lowest BCUT2D eigenvalue weighted by atomic mass is 10.5. The van der Waals surface area contributed by atoms with Crippen LogP contribution < -0.4 is 9.41 Å². The van der Waals surface area contributed by atoms with Gasteiger partial charge in [0.2, 0.25) is 0 Å². The number of halogens is 2. The number of rotatable bonds is 16. The van der Waals surface area contributed by atoms with E-state index in [-0.39, 0.29) is 9.41 Å². The molecule has 0 fully saturated rings. The normalized spacial score (nSPS) is 11.8. The summed E-state index contributed by atoms with van der Waals surface area (Å²) in [6.45, 7) is 14.5. The van der Waals surface area contributed by atoms with E-state index in [1.807, 2.05) is 0 Å². The molecule has 0 atom stereocenters. The summed E-state index contributed by atoms with van der Waals surface area (Å²) in [6, 6.07) is 0. The Morgan fingerprint density at radius 3 is 0.720 bits per heavy atom. The van der Waals surface area contributed by atoms with Crippen molar-refractivity contribution in [3.63, 3.8) is 0 Å². The molecule has 0 rings (SSSR count). The highest BCUT2D eigenvalue weighted by Gasteiger charge is 2.38. The van der Waals surface area contributed by atoms with E-state index >= 15 is 0 Å². The van der Waals surface area contributed by atoms with Crippen LogP contribution in [0.15, 0.2) is 0 Å². The van der Waals surface area contributed by atoms with Crippen molar-refractivity contribution >= 4 is 14.5 Å². The minimum atomic E-state index is -0.621. The molecule has 0 heterocycles. The van der Waals surface area contributed by atoms with Crippen molar-refractivity contribution < 1.29 is 9.41 Å². The lowest BCUT2D eigenvalue weighted by molar-refractivity contribution is -0.001000. The first kappa shape index (κ1) is 30.4.